The highest BCUT2D eigenvalue weighted by molar-refractivity contribution is 7.98. The first-order valence-corrected chi connectivity index (χ1v) is 7.35. The minimum Gasteiger partial charge on any atom is -0.412 e. The maximum absolute atomic E-state index is 9.81. The van der Waals surface area contributed by atoms with Gasteiger partial charge in [0.15, 0.2) is 5.65 Å². The first-order valence-electron chi connectivity index (χ1n) is 6.12. The first-order chi connectivity index (χ1) is 9.63. The third-order valence-electron chi connectivity index (χ3n) is 3.29. The summed E-state index contributed by atoms with van der Waals surface area (Å²) in [7, 11) is 0. The fraction of sp³-hybridized carbons (Fsp3) is 0.545. The molecule has 10 heteroatoms. The number of hydrogen-bond acceptors (Lipinski definition) is 8. The van der Waals surface area contributed by atoms with Crippen LogP contribution in [0, 0.1) is 0 Å². The van der Waals surface area contributed by atoms with Crippen molar-refractivity contribution in [1.29, 1.82) is 0 Å². The Hall–Kier alpha value is -1.46. The standard InChI is InChI=1S/C11H15N5O3S.H2O/c1-20-10-8-9(14-11(12)15-10)16(4-13-8)7-2-5(18)6(3-17)19-7;/h4-7,17-18H,2-3H2,1H3,(H2,12,14,15);1H2/t5-,6+,7+;/m0./s1. The molecule has 116 valence electrons. The van der Waals surface area contributed by atoms with Crippen molar-refractivity contribution in [3.63, 3.8) is 0 Å². The summed E-state index contributed by atoms with van der Waals surface area (Å²) in [4.78, 5) is 12.6. The molecule has 1 aliphatic heterocycles. The average Bonchev–Trinajstić information content (AvgIpc) is 3.00. The molecule has 0 bridgehead atoms. The Morgan fingerprint density at radius 1 is 1.52 bits per heavy atom. The molecule has 0 unspecified atom stereocenters. The number of rotatable bonds is 3. The lowest BCUT2D eigenvalue weighted by Gasteiger charge is -2.13. The third kappa shape index (κ3) is 2.68. The number of nitrogen functional groups attached to an aromatic ring is 1. The van der Waals surface area contributed by atoms with Crippen LogP contribution in [0.5, 0.6) is 0 Å². The monoisotopic (exact) mass is 315 g/mol. The number of aliphatic hydroxyl groups is 2. The van der Waals surface area contributed by atoms with E-state index in [9.17, 15) is 5.11 Å². The summed E-state index contributed by atoms with van der Waals surface area (Å²) in [5.41, 5.74) is 6.92. The van der Waals surface area contributed by atoms with Crippen molar-refractivity contribution >= 4 is 28.9 Å². The summed E-state index contributed by atoms with van der Waals surface area (Å²) in [5.74, 6) is 0.167. The molecule has 3 heterocycles. The van der Waals surface area contributed by atoms with E-state index in [1.807, 2.05) is 6.26 Å². The van der Waals surface area contributed by atoms with Gasteiger partial charge in [-0.2, -0.15) is 4.98 Å². The molecule has 0 saturated carbocycles. The Morgan fingerprint density at radius 2 is 2.29 bits per heavy atom. The predicted octanol–water partition coefficient (Wildman–Crippen LogP) is -1.05. The number of ether oxygens (including phenoxy) is 1. The summed E-state index contributed by atoms with van der Waals surface area (Å²) in [6.45, 7) is -0.225. The minimum atomic E-state index is -0.707. The molecule has 2 aromatic heterocycles. The lowest BCUT2D eigenvalue weighted by atomic mass is 10.2. The van der Waals surface area contributed by atoms with Crippen LogP contribution in [0.1, 0.15) is 12.6 Å². The van der Waals surface area contributed by atoms with Crippen LogP contribution in [0.4, 0.5) is 5.95 Å². The summed E-state index contributed by atoms with van der Waals surface area (Å²) in [6.07, 6.45) is 2.14. The second kappa shape index (κ2) is 6.12. The molecular weight excluding hydrogens is 298 g/mol. The van der Waals surface area contributed by atoms with Gasteiger partial charge in [0.2, 0.25) is 5.95 Å². The van der Waals surface area contributed by atoms with Gasteiger partial charge in [0.25, 0.3) is 0 Å². The smallest absolute Gasteiger partial charge is 0.223 e. The van der Waals surface area contributed by atoms with E-state index in [4.69, 9.17) is 15.6 Å². The van der Waals surface area contributed by atoms with Crippen LogP contribution in [0.2, 0.25) is 0 Å². The summed E-state index contributed by atoms with van der Waals surface area (Å²) >= 11 is 1.44. The van der Waals surface area contributed by atoms with Crippen LogP contribution in [-0.4, -0.2) is 60.3 Å². The van der Waals surface area contributed by atoms with E-state index in [1.165, 1.54) is 11.8 Å². The number of aliphatic hydroxyl groups excluding tert-OH is 2. The number of aromatic nitrogens is 4. The quantitative estimate of drug-likeness (QED) is 0.479. The van der Waals surface area contributed by atoms with Gasteiger partial charge in [-0.15, -0.1) is 11.8 Å². The van der Waals surface area contributed by atoms with Crippen LogP contribution in [0.15, 0.2) is 11.4 Å². The van der Waals surface area contributed by atoms with Crippen molar-refractivity contribution in [3.8, 4) is 0 Å². The molecule has 1 aliphatic rings. The molecule has 1 fully saturated rings. The van der Waals surface area contributed by atoms with Gasteiger partial charge in [0, 0.05) is 6.42 Å². The van der Waals surface area contributed by atoms with Gasteiger partial charge >= 0.3 is 0 Å². The Morgan fingerprint density at radius 3 is 2.90 bits per heavy atom. The van der Waals surface area contributed by atoms with E-state index in [1.54, 1.807) is 10.9 Å². The SMILES string of the molecule is CSc1nc(N)nc2c1ncn2[C@H]1C[C@H](O)[C@@H](CO)O1.O. The molecule has 9 nitrogen and oxygen atoms in total. The van der Waals surface area contributed by atoms with Crippen molar-refractivity contribution in [1.82, 2.24) is 19.5 Å². The van der Waals surface area contributed by atoms with E-state index >= 15 is 0 Å². The fourth-order valence-corrected chi connectivity index (χ4v) is 2.83. The summed E-state index contributed by atoms with van der Waals surface area (Å²) in [5, 5.41) is 19.6. The predicted molar refractivity (Wildman–Crippen MR) is 76.7 cm³/mol. The van der Waals surface area contributed by atoms with E-state index in [0.717, 1.165) is 0 Å². The molecule has 21 heavy (non-hydrogen) atoms. The van der Waals surface area contributed by atoms with Crippen LogP contribution in [0.3, 0.4) is 0 Å². The molecular formula is C11H17N5O4S. The number of imidazole rings is 1. The molecule has 0 aromatic carbocycles. The highest BCUT2D eigenvalue weighted by atomic mass is 32.2. The molecule has 0 aliphatic carbocycles. The van der Waals surface area contributed by atoms with E-state index in [0.29, 0.717) is 22.6 Å². The van der Waals surface area contributed by atoms with Crippen molar-refractivity contribution in [2.75, 3.05) is 18.6 Å². The average molecular weight is 315 g/mol. The summed E-state index contributed by atoms with van der Waals surface area (Å²) in [6, 6.07) is 0. The van der Waals surface area contributed by atoms with Crippen molar-refractivity contribution in [2.24, 2.45) is 0 Å². The lowest BCUT2D eigenvalue weighted by Crippen LogP contribution is -2.24. The second-order valence-corrected chi connectivity index (χ2v) is 5.32. The zero-order chi connectivity index (χ0) is 14.3. The number of fused-ring (bicyclic) bond motifs is 1. The number of nitrogens with two attached hydrogens (primary N) is 1. The fourth-order valence-electron chi connectivity index (χ4n) is 2.31. The van der Waals surface area contributed by atoms with Gasteiger partial charge in [0.05, 0.1) is 19.0 Å². The molecule has 0 spiro atoms. The molecule has 6 N–H and O–H groups in total. The Kier molecular flexibility index (Phi) is 4.64. The zero-order valence-corrected chi connectivity index (χ0v) is 12.1. The molecule has 3 atom stereocenters. The second-order valence-electron chi connectivity index (χ2n) is 4.53. The number of hydrogen-bond donors (Lipinski definition) is 3. The van der Waals surface area contributed by atoms with E-state index in [2.05, 4.69) is 15.0 Å². The number of anilines is 1. The molecule has 3 rings (SSSR count). The van der Waals surface area contributed by atoms with Gasteiger partial charge in [-0.3, -0.25) is 4.57 Å². The largest absolute Gasteiger partial charge is 0.412 e. The van der Waals surface area contributed by atoms with Crippen LogP contribution >= 0.6 is 11.8 Å². The first kappa shape index (κ1) is 15.9. The highest BCUT2D eigenvalue weighted by Gasteiger charge is 2.35. The number of nitrogens with zero attached hydrogens (tertiary/aromatic N) is 4. The van der Waals surface area contributed by atoms with Crippen LogP contribution < -0.4 is 5.73 Å². The van der Waals surface area contributed by atoms with Crippen molar-refractivity contribution in [2.45, 2.75) is 29.9 Å². The molecule has 0 amide bonds. The topological polar surface area (TPSA) is 151 Å². The lowest BCUT2D eigenvalue weighted by molar-refractivity contribution is -0.0432. The van der Waals surface area contributed by atoms with Gasteiger partial charge in [-0.1, -0.05) is 0 Å². The van der Waals surface area contributed by atoms with E-state index < -0.39 is 18.4 Å². The van der Waals surface area contributed by atoms with Gasteiger partial charge in [-0.25, -0.2) is 9.97 Å². The van der Waals surface area contributed by atoms with Gasteiger partial charge in [-0.05, 0) is 6.26 Å². The maximum Gasteiger partial charge on any atom is 0.223 e. The van der Waals surface area contributed by atoms with Gasteiger partial charge in [0.1, 0.15) is 22.9 Å². The Labute approximate surface area is 124 Å². The Bertz CT molecular complexity index is 636. The third-order valence-corrected chi connectivity index (χ3v) is 3.97. The van der Waals surface area contributed by atoms with Crippen LogP contribution in [-0.2, 0) is 4.74 Å². The zero-order valence-electron chi connectivity index (χ0n) is 11.3. The van der Waals surface area contributed by atoms with Crippen molar-refractivity contribution in [3.05, 3.63) is 6.33 Å². The number of thioether (sulfide) groups is 1. The normalized spacial score (nSPS) is 25.2. The Balaban J connectivity index is 0.00000161. The minimum absolute atomic E-state index is 0. The van der Waals surface area contributed by atoms with Crippen LogP contribution in [0.25, 0.3) is 11.2 Å². The van der Waals surface area contributed by atoms with Gasteiger partial charge < -0.3 is 26.2 Å². The molecule has 1 saturated heterocycles. The maximum atomic E-state index is 9.81. The van der Waals surface area contributed by atoms with Crippen molar-refractivity contribution < 1.29 is 20.4 Å². The molecule has 0 radical (unpaired) electrons. The molecule has 2 aromatic rings. The van der Waals surface area contributed by atoms with E-state index in [-0.39, 0.29) is 18.0 Å². The summed E-state index contributed by atoms with van der Waals surface area (Å²) < 4.78 is 7.32. The highest BCUT2D eigenvalue weighted by Crippen LogP contribution is 2.32.